The molecule has 6 N–H and O–H groups in total. The summed E-state index contributed by atoms with van der Waals surface area (Å²) in [5, 5.41) is 0. The first kappa shape index (κ1) is 25.4. The van der Waals surface area contributed by atoms with Crippen LogP contribution in [0.1, 0.15) is 23.9 Å². The Balaban J connectivity index is 2.07. The van der Waals surface area contributed by atoms with Gasteiger partial charge in [0, 0.05) is 18.3 Å². The monoisotopic (exact) mass is 495 g/mol. The van der Waals surface area contributed by atoms with Crippen LogP contribution in [0.25, 0.3) is 0 Å². The van der Waals surface area contributed by atoms with Crippen LogP contribution in [0.2, 0.25) is 0 Å². The average Bonchev–Trinajstić information content (AvgIpc) is 2.96. The smallest absolute Gasteiger partial charge is 0.349 e. The lowest BCUT2D eigenvalue weighted by atomic mass is 10.2. The van der Waals surface area contributed by atoms with Gasteiger partial charge in [-0.05, 0) is 19.4 Å². The van der Waals surface area contributed by atoms with Crippen molar-refractivity contribution in [2.45, 2.75) is 38.7 Å². The van der Waals surface area contributed by atoms with Crippen molar-refractivity contribution in [2.75, 3.05) is 6.61 Å². The molecule has 19 heteroatoms. The lowest BCUT2D eigenvalue weighted by Gasteiger charge is -2.20. The van der Waals surface area contributed by atoms with Crippen LogP contribution in [0.4, 0.5) is 0 Å². The second-order valence-corrected chi connectivity index (χ2v) is 10.5. The number of hydrogen-bond acceptors (Lipinski definition) is 11. The molecule has 172 valence electrons. The van der Waals surface area contributed by atoms with E-state index in [1.165, 1.54) is 10.8 Å². The minimum absolute atomic E-state index is 0.0328. The molecule has 3 unspecified atom stereocenters. The van der Waals surface area contributed by atoms with Gasteiger partial charge in [0.05, 0.1) is 6.61 Å². The lowest BCUT2D eigenvalue weighted by molar-refractivity contribution is -0.0618. The van der Waals surface area contributed by atoms with Crippen LogP contribution in [0, 0.1) is 13.8 Å². The molecule has 1 aromatic rings. The van der Waals surface area contributed by atoms with E-state index in [0.717, 1.165) is 0 Å². The van der Waals surface area contributed by atoms with Crippen molar-refractivity contribution >= 4 is 23.5 Å². The van der Waals surface area contributed by atoms with Gasteiger partial charge in [0.25, 0.3) is 0 Å². The number of rotatable bonds is 9. The van der Waals surface area contributed by atoms with E-state index in [2.05, 4.69) is 18.1 Å². The van der Waals surface area contributed by atoms with E-state index in [4.69, 9.17) is 30.2 Å². The van der Waals surface area contributed by atoms with E-state index in [1.54, 1.807) is 13.8 Å². The molecule has 0 aromatic carbocycles. The molecule has 0 aliphatic carbocycles. The minimum Gasteiger partial charge on any atom is -0.349 e. The second-order valence-electron chi connectivity index (χ2n) is 6.13. The van der Waals surface area contributed by atoms with E-state index in [0.29, 0.717) is 11.3 Å². The summed E-state index contributed by atoms with van der Waals surface area (Å²) < 4.78 is 52.2. The molecule has 1 fully saturated rings. The molecule has 0 bridgehead atoms. The van der Waals surface area contributed by atoms with Crippen LogP contribution in [-0.4, -0.2) is 47.9 Å². The molecule has 16 nitrogen and oxygen atoms in total. The van der Waals surface area contributed by atoms with Gasteiger partial charge >= 0.3 is 29.2 Å². The van der Waals surface area contributed by atoms with Crippen molar-refractivity contribution in [3.63, 3.8) is 0 Å². The van der Waals surface area contributed by atoms with Crippen molar-refractivity contribution in [2.24, 2.45) is 5.90 Å². The molecular weight excluding hydrogens is 475 g/mol. The summed E-state index contributed by atoms with van der Waals surface area (Å²) in [6.45, 7) is 2.60. The van der Waals surface area contributed by atoms with Crippen molar-refractivity contribution < 1.29 is 56.0 Å². The summed E-state index contributed by atoms with van der Waals surface area (Å²) >= 11 is 0. The van der Waals surface area contributed by atoms with Gasteiger partial charge in [-0.1, -0.05) is 0 Å². The summed E-state index contributed by atoms with van der Waals surface area (Å²) in [4.78, 5) is 56.3. The van der Waals surface area contributed by atoms with Crippen LogP contribution in [0.5, 0.6) is 0 Å². The van der Waals surface area contributed by atoms with Gasteiger partial charge < -0.3 is 24.3 Å². The van der Waals surface area contributed by atoms with E-state index in [1.807, 2.05) is 0 Å². The van der Waals surface area contributed by atoms with Crippen LogP contribution in [-0.2, 0) is 36.4 Å². The molecule has 30 heavy (non-hydrogen) atoms. The van der Waals surface area contributed by atoms with Gasteiger partial charge in [-0.15, -0.1) is 0 Å². The normalized spacial score (nSPS) is 26.3. The summed E-state index contributed by atoms with van der Waals surface area (Å²) in [7, 11) is -16.5. The molecule has 0 saturated carbocycles. The molecule has 5 atom stereocenters. The fourth-order valence-corrected chi connectivity index (χ4v) is 5.52. The SMILES string of the molecule is Cc1cn([C@H]2CC(ON)[C@@H](COP(=O)(O)OP(=O)(O)OP(=O)(O)O)O2)c(=O)nc1C. The van der Waals surface area contributed by atoms with Gasteiger partial charge in [-0.2, -0.15) is 13.6 Å². The number of aromatic nitrogens is 2. The number of nitrogens with zero attached hydrogens (tertiary/aromatic N) is 2. The Morgan fingerprint density at radius 1 is 1.20 bits per heavy atom. The van der Waals surface area contributed by atoms with E-state index in [-0.39, 0.29) is 6.42 Å². The fraction of sp³-hybridized carbons (Fsp3) is 0.636. The number of hydrogen-bond donors (Lipinski definition) is 5. The van der Waals surface area contributed by atoms with Crippen LogP contribution in [0.15, 0.2) is 11.0 Å². The predicted molar refractivity (Wildman–Crippen MR) is 95.4 cm³/mol. The third-order valence-corrected chi connectivity index (χ3v) is 7.67. The maximum Gasteiger partial charge on any atom is 0.490 e. The summed E-state index contributed by atoms with van der Waals surface area (Å²) in [6, 6.07) is 0. The molecule has 2 heterocycles. The van der Waals surface area contributed by atoms with Crippen LogP contribution < -0.4 is 11.6 Å². The number of aryl methyl sites for hydroxylation is 2. The van der Waals surface area contributed by atoms with Gasteiger partial charge in [-0.25, -0.2) is 24.4 Å². The van der Waals surface area contributed by atoms with Gasteiger partial charge in [0.15, 0.2) is 0 Å². The summed E-state index contributed by atoms with van der Waals surface area (Å²) in [5.74, 6) is 5.17. The van der Waals surface area contributed by atoms with Crippen molar-refractivity contribution in [3.05, 3.63) is 27.9 Å². The average molecular weight is 495 g/mol. The summed E-state index contributed by atoms with van der Waals surface area (Å²) in [6.07, 6.45) is -1.43. The number of nitrogens with two attached hydrogens (primary N) is 1. The predicted octanol–water partition coefficient (Wildman–Crippen LogP) is -0.250. The number of ether oxygens (including phenoxy) is 1. The third kappa shape index (κ3) is 7.11. The number of phosphoric acid groups is 3. The minimum atomic E-state index is -5.65. The molecular formula is C11H20N3O13P3. The topological polar surface area (TPSA) is 239 Å². The molecule has 2 rings (SSSR count). The highest BCUT2D eigenvalue weighted by Gasteiger charge is 2.43. The molecule has 0 amide bonds. The maximum atomic E-state index is 12.1. The van der Waals surface area contributed by atoms with E-state index >= 15 is 0 Å². The zero-order valence-electron chi connectivity index (χ0n) is 15.5. The van der Waals surface area contributed by atoms with Gasteiger partial charge in [-0.3, -0.25) is 13.9 Å². The zero-order chi connectivity index (χ0) is 22.9. The maximum absolute atomic E-state index is 12.1. The Morgan fingerprint density at radius 3 is 2.40 bits per heavy atom. The molecule has 1 aliphatic heterocycles. The quantitative estimate of drug-likeness (QED) is 0.219. The second kappa shape index (κ2) is 9.35. The fourth-order valence-electron chi connectivity index (χ4n) is 2.49. The van der Waals surface area contributed by atoms with E-state index < -0.39 is 54.2 Å². The summed E-state index contributed by atoms with van der Waals surface area (Å²) in [5.41, 5.74) is 0.595. The molecule has 0 spiro atoms. The largest absolute Gasteiger partial charge is 0.490 e. The third-order valence-electron chi connectivity index (χ3n) is 3.87. The van der Waals surface area contributed by atoms with Crippen LogP contribution in [0.3, 0.4) is 0 Å². The highest BCUT2D eigenvalue weighted by molar-refractivity contribution is 7.66. The Labute approximate surface area is 168 Å². The molecule has 1 saturated heterocycles. The molecule has 1 aliphatic rings. The first-order valence-corrected chi connectivity index (χ1v) is 12.5. The first-order valence-electron chi connectivity index (χ1n) is 7.98. The Morgan fingerprint density at radius 2 is 1.83 bits per heavy atom. The van der Waals surface area contributed by atoms with E-state index in [9.17, 15) is 23.4 Å². The zero-order valence-corrected chi connectivity index (χ0v) is 18.2. The Kier molecular flexibility index (Phi) is 7.92. The van der Waals surface area contributed by atoms with Crippen molar-refractivity contribution in [1.82, 2.24) is 9.55 Å². The Hall–Kier alpha value is -0.830. The first-order chi connectivity index (χ1) is 13.6. The van der Waals surface area contributed by atoms with Crippen molar-refractivity contribution in [1.29, 1.82) is 0 Å². The molecule has 0 radical (unpaired) electrons. The molecule has 1 aromatic heterocycles. The van der Waals surface area contributed by atoms with Gasteiger partial charge in [0.1, 0.15) is 18.4 Å². The van der Waals surface area contributed by atoms with Crippen molar-refractivity contribution in [3.8, 4) is 0 Å². The Bertz CT molecular complexity index is 977. The van der Waals surface area contributed by atoms with Crippen LogP contribution >= 0.6 is 23.5 Å². The standard InChI is InChI=1S/C11H20N3O13P3/c1-6-4-14(11(15)13-7(6)2)10-3-8(25-12)9(24-10)5-23-29(19,20)27-30(21,22)26-28(16,17)18/h4,8-10H,3,5,12H2,1-2H3,(H,19,20)(H,21,22)(H2,16,17,18)/t8?,9-,10-/m1/s1. The number of phosphoric ester groups is 1. The van der Waals surface area contributed by atoms with Gasteiger partial charge in [0.2, 0.25) is 0 Å². The lowest BCUT2D eigenvalue weighted by Crippen LogP contribution is -2.31. The highest BCUT2D eigenvalue weighted by Crippen LogP contribution is 2.66. The highest BCUT2D eigenvalue weighted by atomic mass is 31.3.